The van der Waals surface area contributed by atoms with Gasteiger partial charge in [0.25, 0.3) is 0 Å². The molecule has 3 heterocycles. The van der Waals surface area contributed by atoms with Crippen LogP contribution in [0.5, 0.6) is 0 Å². The Morgan fingerprint density at radius 2 is 2.15 bits per heavy atom. The number of pyridine rings is 2. The van der Waals surface area contributed by atoms with Crippen molar-refractivity contribution < 1.29 is 4.39 Å². The summed E-state index contributed by atoms with van der Waals surface area (Å²) in [7, 11) is 0. The van der Waals surface area contributed by atoms with E-state index in [0.29, 0.717) is 12.6 Å². The molecule has 3 aromatic rings. The molecule has 0 bridgehead atoms. The number of aromatic nitrogens is 3. The molecule has 0 saturated heterocycles. The third-order valence-electron chi connectivity index (χ3n) is 5.34. The third kappa shape index (κ3) is 4.01. The van der Waals surface area contributed by atoms with Crippen LogP contribution in [0.3, 0.4) is 0 Å². The van der Waals surface area contributed by atoms with Crippen LogP contribution in [0.1, 0.15) is 48.7 Å². The largest absolute Gasteiger partial charge is 0.330 e. The van der Waals surface area contributed by atoms with E-state index in [-0.39, 0.29) is 5.82 Å². The van der Waals surface area contributed by atoms with Gasteiger partial charge < -0.3 is 10.1 Å². The number of imidazole rings is 1. The van der Waals surface area contributed by atoms with Crippen LogP contribution in [0.4, 0.5) is 4.39 Å². The molecule has 0 amide bonds. The van der Waals surface area contributed by atoms with Crippen molar-refractivity contribution in [3.63, 3.8) is 0 Å². The average molecular weight is 367 g/mol. The van der Waals surface area contributed by atoms with E-state index in [9.17, 15) is 4.39 Å². The van der Waals surface area contributed by atoms with Crippen LogP contribution >= 0.6 is 0 Å². The lowest BCUT2D eigenvalue weighted by atomic mass is 9.90. The Morgan fingerprint density at radius 1 is 1.22 bits per heavy atom. The van der Waals surface area contributed by atoms with E-state index in [2.05, 4.69) is 16.0 Å². The van der Waals surface area contributed by atoms with Crippen LogP contribution in [-0.2, 0) is 13.0 Å². The number of hydrogen-bond donors (Lipinski definition) is 1. The molecule has 3 aromatic heterocycles. The number of nitrogens with zero attached hydrogens (tertiary/aromatic N) is 4. The Labute approximate surface area is 159 Å². The first kappa shape index (κ1) is 18.1. The second kappa shape index (κ2) is 8.15. The number of fused-ring (bicyclic) bond motifs is 2. The quantitative estimate of drug-likeness (QED) is 0.650. The highest BCUT2D eigenvalue weighted by Crippen LogP contribution is 2.33. The smallest absolute Gasteiger partial charge is 0.139 e. The minimum Gasteiger partial charge on any atom is -0.330 e. The highest BCUT2D eigenvalue weighted by molar-refractivity contribution is 5.39. The van der Waals surface area contributed by atoms with Crippen LogP contribution in [0, 0.1) is 5.82 Å². The monoisotopic (exact) mass is 367 g/mol. The Kier molecular flexibility index (Phi) is 5.45. The molecule has 142 valence electrons. The van der Waals surface area contributed by atoms with Gasteiger partial charge in [0.2, 0.25) is 0 Å². The van der Waals surface area contributed by atoms with Gasteiger partial charge in [0.15, 0.2) is 0 Å². The molecule has 4 rings (SSSR count). The van der Waals surface area contributed by atoms with Crippen LogP contribution in [0.25, 0.3) is 5.65 Å². The first-order valence-corrected chi connectivity index (χ1v) is 9.75. The molecular formula is C21H26FN5. The summed E-state index contributed by atoms with van der Waals surface area (Å²) in [5, 5.41) is 0. The van der Waals surface area contributed by atoms with Gasteiger partial charge in [-0.2, -0.15) is 0 Å². The lowest BCUT2D eigenvalue weighted by molar-refractivity contribution is 0.161. The Hall–Kier alpha value is -2.31. The molecule has 1 atom stereocenters. The summed E-state index contributed by atoms with van der Waals surface area (Å²) in [6, 6.07) is 7.69. The molecule has 2 N–H and O–H groups in total. The molecule has 6 heteroatoms. The average Bonchev–Trinajstić information content (AvgIpc) is 3.08. The van der Waals surface area contributed by atoms with E-state index < -0.39 is 0 Å². The van der Waals surface area contributed by atoms with Crippen molar-refractivity contribution in [2.45, 2.75) is 44.7 Å². The Morgan fingerprint density at radius 3 is 3.04 bits per heavy atom. The highest BCUT2D eigenvalue weighted by atomic mass is 19.1. The topological polar surface area (TPSA) is 59.5 Å². The lowest BCUT2D eigenvalue weighted by Gasteiger charge is -2.34. The highest BCUT2D eigenvalue weighted by Gasteiger charge is 2.27. The van der Waals surface area contributed by atoms with Gasteiger partial charge in [-0.3, -0.25) is 9.88 Å². The van der Waals surface area contributed by atoms with Crippen molar-refractivity contribution in [2.24, 2.45) is 5.73 Å². The first-order valence-electron chi connectivity index (χ1n) is 9.75. The van der Waals surface area contributed by atoms with E-state index in [1.807, 2.05) is 18.5 Å². The zero-order valence-corrected chi connectivity index (χ0v) is 15.5. The number of halogens is 1. The molecular weight excluding hydrogens is 341 g/mol. The molecule has 0 saturated carbocycles. The number of rotatable bonds is 7. The van der Waals surface area contributed by atoms with Gasteiger partial charge in [-0.15, -0.1) is 0 Å². The van der Waals surface area contributed by atoms with E-state index in [0.717, 1.165) is 50.1 Å². The van der Waals surface area contributed by atoms with Crippen molar-refractivity contribution >= 4 is 5.65 Å². The van der Waals surface area contributed by atoms with Gasteiger partial charge in [-0.25, -0.2) is 9.37 Å². The van der Waals surface area contributed by atoms with Gasteiger partial charge in [-0.1, -0.05) is 6.07 Å². The Balaban J connectivity index is 1.60. The SMILES string of the molecule is NCCCCN(Cc1cn2cc(F)ccc2n1)C1CCCc2cccnc21. The fourth-order valence-corrected chi connectivity index (χ4v) is 4.05. The summed E-state index contributed by atoms with van der Waals surface area (Å²) in [5.41, 5.74) is 9.99. The minimum absolute atomic E-state index is 0.253. The molecule has 0 radical (unpaired) electrons. The zero-order valence-electron chi connectivity index (χ0n) is 15.5. The molecule has 1 unspecified atom stereocenters. The second-order valence-corrected chi connectivity index (χ2v) is 7.27. The molecule has 5 nitrogen and oxygen atoms in total. The third-order valence-corrected chi connectivity index (χ3v) is 5.34. The molecule has 1 aliphatic carbocycles. The standard InChI is InChI=1S/C21H26FN5/c22-17-8-9-20-25-18(15-27(20)13-17)14-26(12-2-1-10-23)19-7-3-5-16-6-4-11-24-21(16)19/h4,6,8-9,11,13,15,19H,1-3,5,7,10,12,14,23H2. The summed E-state index contributed by atoms with van der Waals surface area (Å²) in [5.74, 6) is -0.253. The van der Waals surface area contributed by atoms with Crippen molar-refractivity contribution in [3.8, 4) is 0 Å². The molecule has 0 aliphatic heterocycles. The number of nitrogens with two attached hydrogens (primary N) is 1. The van der Waals surface area contributed by atoms with Gasteiger partial charge in [-0.05, 0) is 69.0 Å². The fourth-order valence-electron chi connectivity index (χ4n) is 4.05. The first-order chi connectivity index (χ1) is 13.2. The summed E-state index contributed by atoms with van der Waals surface area (Å²) < 4.78 is 15.3. The van der Waals surface area contributed by atoms with Crippen molar-refractivity contribution in [3.05, 3.63) is 65.6 Å². The van der Waals surface area contributed by atoms with Crippen LogP contribution in [0.2, 0.25) is 0 Å². The van der Waals surface area contributed by atoms with Gasteiger partial charge in [0, 0.05) is 25.1 Å². The van der Waals surface area contributed by atoms with Crippen LogP contribution < -0.4 is 5.73 Å². The molecule has 0 spiro atoms. The normalized spacial score (nSPS) is 16.8. The van der Waals surface area contributed by atoms with Crippen molar-refractivity contribution in [1.82, 2.24) is 19.3 Å². The lowest BCUT2D eigenvalue weighted by Crippen LogP contribution is -2.33. The van der Waals surface area contributed by atoms with E-state index in [1.165, 1.54) is 29.9 Å². The summed E-state index contributed by atoms with van der Waals surface area (Å²) >= 11 is 0. The van der Waals surface area contributed by atoms with Crippen LogP contribution in [-0.4, -0.2) is 32.4 Å². The van der Waals surface area contributed by atoms with E-state index in [1.54, 1.807) is 10.5 Å². The number of hydrogen-bond acceptors (Lipinski definition) is 4. The predicted octanol–water partition coefficient (Wildman–Crippen LogP) is 3.49. The van der Waals surface area contributed by atoms with Crippen molar-refractivity contribution in [2.75, 3.05) is 13.1 Å². The maximum atomic E-state index is 13.5. The molecule has 1 aliphatic rings. The van der Waals surface area contributed by atoms with E-state index in [4.69, 9.17) is 10.7 Å². The maximum absolute atomic E-state index is 13.5. The number of aryl methyl sites for hydroxylation is 1. The number of unbranched alkanes of at least 4 members (excludes halogenated alkanes) is 1. The molecule has 0 aromatic carbocycles. The van der Waals surface area contributed by atoms with Gasteiger partial charge in [0.05, 0.1) is 17.4 Å². The predicted molar refractivity (Wildman–Crippen MR) is 104 cm³/mol. The second-order valence-electron chi connectivity index (χ2n) is 7.27. The van der Waals surface area contributed by atoms with Gasteiger partial charge in [0.1, 0.15) is 11.5 Å². The van der Waals surface area contributed by atoms with Crippen LogP contribution in [0.15, 0.2) is 42.9 Å². The molecule has 27 heavy (non-hydrogen) atoms. The summed E-state index contributed by atoms with van der Waals surface area (Å²) in [6.07, 6.45) is 10.7. The maximum Gasteiger partial charge on any atom is 0.139 e. The summed E-state index contributed by atoms with van der Waals surface area (Å²) in [6.45, 7) is 2.40. The van der Waals surface area contributed by atoms with Crippen molar-refractivity contribution in [1.29, 1.82) is 0 Å². The zero-order chi connectivity index (χ0) is 18.6. The summed E-state index contributed by atoms with van der Waals surface area (Å²) in [4.78, 5) is 11.9. The fraction of sp³-hybridized carbons (Fsp3) is 0.429. The molecule has 0 fully saturated rings. The van der Waals surface area contributed by atoms with Gasteiger partial charge >= 0.3 is 0 Å². The van der Waals surface area contributed by atoms with E-state index >= 15 is 0 Å². The minimum atomic E-state index is -0.253. The Bertz CT molecular complexity index is 906.